The number of esters is 1. The zero-order valence-electron chi connectivity index (χ0n) is 15.4. The topological polar surface area (TPSA) is 73.9 Å². The number of ether oxygens (including phenoxy) is 3. The van der Waals surface area contributed by atoms with Gasteiger partial charge in [0.05, 0.1) is 5.69 Å². The molecule has 6 nitrogen and oxygen atoms in total. The number of benzene rings is 2. The summed E-state index contributed by atoms with van der Waals surface area (Å²) in [6, 6.07) is 14.5. The number of hydrogen-bond acceptors (Lipinski definition) is 5. The minimum absolute atomic E-state index is 0.0447. The van der Waals surface area contributed by atoms with E-state index >= 15 is 0 Å². The summed E-state index contributed by atoms with van der Waals surface area (Å²) in [5.41, 5.74) is 0.0447. The number of rotatable bonds is 9. The molecule has 28 heavy (non-hydrogen) atoms. The van der Waals surface area contributed by atoms with Gasteiger partial charge in [-0.15, -0.1) is 0 Å². The van der Waals surface area contributed by atoms with Crippen LogP contribution in [0.3, 0.4) is 0 Å². The summed E-state index contributed by atoms with van der Waals surface area (Å²) in [5.74, 6) is -1.08. The van der Waals surface area contributed by atoms with Crippen LogP contribution in [0.15, 0.2) is 54.6 Å². The molecule has 0 bridgehead atoms. The van der Waals surface area contributed by atoms with Crippen LogP contribution in [0, 0.1) is 0 Å². The monoisotopic (exact) mass is 393 g/mol. The molecule has 2 rings (SSSR count). The van der Waals surface area contributed by atoms with Crippen molar-refractivity contribution in [2.24, 2.45) is 0 Å². The first-order chi connectivity index (χ1) is 13.4. The van der Waals surface area contributed by atoms with Gasteiger partial charge in [0.1, 0.15) is 11.5 Å². The van der Waals surface area contributed by atoms with E-state index in [1.54, 1.807) is 37.3 Å². The Morgan fingerprint density at radius 3 is 2.29 bits per heavy atom. The molecule has 0 aliphatic rings. The largest absolute Gasteiger partial charge is 0.479 e. The molecule has 0 heterocycles. The Labute approximate surface area is 161 Å². The van der Waals surface area contributed by atoms with Crippen molar-refractivity contribution in [3.05, 3.63) is 54.6 Å². The second-order valence-corrected chi connectivity index (χ2v) is 5.77. The molecular formula is C20H21F2NO5. The highest BCUT2D eigenvalue weighted by Crippen LogP contribution is 2.25. The van der Waals surface area contributed by atoms with Crippen molar-refractivity contribution in [3.8, 4) is 11.5 Å². The molecule has 0 saturated heterocycles. The third kappa shape index (κ3) is 6.22. The van der Waals surface area contributed by atoms with E-state index in [2.05, 4.69) is 10.1 Å². The number of anilines is 1. The van der Waals surface area contributed by atoms with Gasteiger partial charge in [-0.2, -0.15) is 8.78 Å². The normalized spacial score (nSPS) is 12.8. The molecule has 2 aromatic carbocycles. The van der Waals surface area contributed by atoms with Gasteiger partial charge in [0.2, 0.25) is 0 Å². The molecule has 0 fully saturated rings. The van der Waals surface area contributed by atoms with E-state index in [1.165, 1.54) is 25.1 Å². The number of nitrogens with one attached hydrogen (secondary N) is 1. The summed E-state index contributed by atoms with van der Waals surface area (Å²) in [4.78, 5) is 24.6. The van der Waals surface area contributed by atoms with Crippen molar-refractivity contribution in [1.29, 1.82) is 0 Å². The number of para-hydroxylation sites is 3. The minimum Gasteiger partial charge on any atom is -0.479 e. The second-order valence-electron chi connectivity index (χ2n) is 5.77. The predicted octanol–water partition coefficient (Wildman–Crippen LogP) is 4.02. The summed E-state index contributed by atoms with van der Waals surface area (Å²) in [6.07, 6.45) is -1.71. The minimum atomic E-state index is -3.03. The highest BCUT2D eigenvalue weighted by molar-refractivity contribution is 5.96. The Kier molecular flexibility index (Phi) is 7.74. The van der Waals surface area contributed by atoms with E-state index < -0.39 is 30.7 Å². The Morgan fingerprint density at radius 1 is 1.00 bits per heavy atom. The first kappa shape index (κ1) is 21.1. The number of alkyl halides is 2. The first-order valence-electron chi connectivity index (χ1n) is 8.67. The molecule has 0 aliphatic heterocycles. The highest BCUT2D eigenvalue weighted by atomic mass is 19.3. The maximum atomic E-state index is 12.5. The fourth-order valence-electron chi connectivity index (χ4n) is 2.27. The smallest absolute Gasteiger partial charge is 0.387 e. The van der Waals surface area contributed by atoms with Crippen molar-refractivity contribution in [3.63, 3.8) is 0 Å². The van der Waals surface area contributed by atoms with Crippen LogP contribution >= 0.6 is 0 Å². The molecule has 0 spiro atoms. The number of hydrogen-bond donors (Lipinski definition) is 1. The van der Waals surface area contributed by atoms with Gasteiger partial charge in [-0.3, -0.25) is 4.79 Å². The Bertz CT molecular complexity index is 785. The molecule has 0 unspecified atom stereocenters. The fraction of sp³-hybridized carbons (Fsp3) is 0.300. The average molecular weight is 393 g/mol. The van der Waals surface area contributed by atoms with E-state index in [-0.39, 0.29) is 11.4 Å². The van der Waals surface area contributed by atoms with Crippen molar-refractivity contribution in [2.75, 3.05) is 5.32 Å². The Morgan fingerprint density at radius 2 is 1.64 bits per heavy atom. The van der Waals surface area contributed by atoms with Crippen LogP contribution in [-0.4, -0.2) is 30.7 Å². The van der Waals surface area contributed by atoms with Crippen molar-refractivity contribution >= 4 is 17.6 Å². The molecule has 2 aromatic rings. The summed E-state index contributed by atoms with van der Waals surface area (Å²) in [5, 5.41) is 2.41. The SMILES string of the molecule is CC[C@@H](Oc1ccccc1)C(=O)O[C@@H](C)C(=O)Nc1ccccc1OC(F)F. The van der Waals surface area contributed by atoms with Gasteiger partial charge in [0.15, 0.2) is 12.2 Å². The third-order valence-corrected chi connectivity index (χ3v) is 3.68. The van der Waals surface area contributed by atoms with E-state index in [4.69, 9.17) is 9.47 Å². The quantitative estimate of drug-likeness (QED) is 0.652. The van der Waals surface area contributed by atoms with Gasteiger partial charge in [-0.1, -0.05) is 37.3 Å². The zero-order valence-corrected chi connectivity index (χ0v) is 15.4. The van der Waals surface area contributed by atoms with E-state index in [1.807, 2.05) is 6.07 Å². The van der Waals surface area contributed by atoms with E-state index in [0.717, 1.165) is 0 Å². The third-order valence-electron chi connectivity index (χ3n) is 3.68. The van der Waals surface area contributed by atoms with Crippen LogP contribution in [0.4, 0.5) is 14.5 Å². The van der Waals surface area contributed by atoms with Crippen LogP contribution in [0.25, 0.3) is 0 Å². The molecule has 1 N–H and O–H groups in total. The molecular weight excluding hydrogens is 372 g/mol. The van der Waals surface area contributed by atoms with Gasteiger partial charge >= 0.3 is 12.6 Å². The molecule has 1 amide bonds. The number of halogens is 2. The standard InChI is InChI=1S/C20H21F2NO5/c1-3-16(27-14-9-5-4-6-10-14)19(25)26-13(2)18(24)23-15-11-7-8-12-17(15)28-20(21)22/h4-13,16,20H,3H2,1-2H3,(H,23,24)/t13-,16+/m0/s1. The van der Waals surface area contributed by atoms with Gasteiger partial charge in [0.25, 0.3) is 5.91 Å². The predicted molar refractivity (Wildman–Crippen MR) is 98.4 cm³/mol. The first-order valence-corrected chi connectivity index (χ1v) is 8.67. The lowest BCUT2D eigenvalue weighted by Gasteiger charge is -2.20. The maximum absolute atomic E-state index is 12.5. The molecule has 8 heteroatoms. The number of carbonyl (C=O) groups excluding carboxylic acids is 2. The van der Waals surface area contributed by atoms with Crippen molar-refractivity contribution < 1.29 is 32.6 Å². The van der Waals surface area contributed by atoms with Crippen molar-refractivity contribution in [1.82, 2.24) is 0 Å². The number of carbonyl (C=O) groups is 2. The van der Waals surface area contributed by atoms with Crippen LogP contribution < -0.4 is 14.8 Å². The van der Waals surface area contributed by atoms with Crippen LogP contribution in [0.5, 0.6) is 11.5 Å². The Balaban J connectivity index is 1.96. The second kappa shape index (κ2) is 10.2. The summed E-state index contributed by atoms with van der Waals surface area (Å²) >= 11 is 0. The molecule has 0 aliphatic carbocycles. The molecule has 0 saturated carbocycles. The van der Waals surface area contributed by atoms with Gasteiger partial charge in [0, 0.05) is 0 Å². The van der Waals surface area contributed by atoms with Gasteiger partial charge < -0.3 is 19.5 Å². The molecule has 0 radical (unpaired) electrons. The van der Waals surface area contributed by atoms with Gasteiger partial charge in [-0.05, 0) is 37.6 Å². The lowest BCUT2D eigenvalue weighted by Crippen LogP contribution is -2.36. The molecule has 0 aromatic heterocycles. The highest BCUT2D eigenvalue weighted by Gasteiger charge is 2.26. The lowest BCUT2D eigenvalue weighted by atomic mass is 10.2. The van der Waals surface area contributed by atoms with Crippen LogP contribution in [0.2, 0.25) is 0 Å². The van der Waals surface area contributed by atoms with E-state index in [9.17, 15) is 18.4 Å². The molecule has 2 atom stereocenters. The van der Waals surface area contributed by atoms with Crippen LogP contribution in [0.1, 0.15) is 20.3 Å². The summed E-state index contributed by atoms with van der Waals surface area (Å²) in [6.45, 7) is 0.0880. The zero-order chi connectivity index (χ0) is 20.5. The average Bonchev–Trinajstić information content (AvgIpc) is 2.67. The van der Waals surface area contributed by atoms with Crippen LogP contribution in [-0.2, 0) is 14.3 Å². The summed E-state index contributed by atoms with van der Waals surface area (Å²) in [7, 11) is 0. The molecule has 150 valence electrons. The van der Waals surface area contributed by atoms with Gasteiger partial charge in [-0.25, -0.2) is 4.79 Å². The van der Waals surface area contributed by atoms with Crippen molar-refractivity contribution in [2.45, 2.75) is 39.1 Å². The Hall–Kier alpha value is -3.16. The maximum Gasteiger partial charge on any atom is 0.387 e. The number of amides is 1. The van der Waals surface area contributed by atoms with E-state index in [0.29, 0.717) is 12.2 Å². The summed E-state index contributed by atoms with van der Waals surface area (Å²) < 4.78 is 40.0. The fourth-order valence-corrected chi connectivity index (χ4v) is 2.27. The lowest BCUT2D eigenvalue weighted by molar-refractivity contribution is -0.160.